The van der Waals surface area contributed by atoms with Crippen molar-refractivity contribution in [1.82, 2.24) is 0 Å². The monoisotopic (exact) mass is 143 g/mol. The lowest BCUT2D eigenvalue weighted by molar-refractivity contribution is -0.114. The molecule has 58 valence electrons. The first-order chi connectivity index (χ1) is 4.72. The molecule has 0 heterocycles. The third-order valence-electron chi connectivity index (χ3n) is 1.02. The van der Waals surface area contributed by atoms with Gasteiger partial charge in [0.05, 0.1) is 6.61 Å². The van der Waals surface area contributed by atoms with Crippen molar-refractivity contribution in [3.63, 3.8) is 0 Å². The second-order valence-corrected chi connectivity index (χ2v) is 1.94. The molecule has 0 aromatic rings. The Morgan fingerprint density at radius 3 is 2.50 bits per heavy atom. The predicted molar refractivity (Wildman–Crippen MR) is 39.3 cm³/mol. The molecule has 3 nitrogen and oxygen atoms in total. The molecule has 0 aromatic heterocycles. The van der Waals surface area contributed by atoms with Gasteiger partial charge in [-0.05, 0) is 13.3 Å². The Kier molecular flexibility index (Phi) is 4.54. The molecule has 0 saturated heterocycles. The summed E-state index contributed by atoms with van der Waals surface area (Å²) < 4.78 is 4.69. The third kappa shape index (κ3) is 3.22. The van der Waals surface area contributed by atoms with E-state index >= 15 is 0 Å². The molecule has 0 fully saturated rings. The maximum absolute atomic E-state index is 10.8. The van der Waals surface area contributed by atoms with Crippen LogP contribution in [0.15, 0.2) is 0 Å². The van der Waals surface area contributed by atoms with Crippen molar-refractivity contribution < 1.29 is 9.53 Å². The SMILES string of the molecule is CCCC(=O)C(=N)OCC. The van der Waals surface area contributed by atoms with E-state index in [1.165, 1.54) is 0 Å². The summed E-state index contributed by atoms with van der Waals surface area (Å²) in [5, 5.41) is 7.03. The Bertz CT molecular complexity index is 116. The normalized spacial score (nSPS) is 9.00. The molecule has 0 aromatic carbocycles. The van der Waals surface area contributed by atoms with Crippen LogP contribution in [0.3, 0.4) is 0 Å². The number of nitrogens with one attached hydrogen (secondary N) is 1. The van der Waals surface area contributed by atoms with Crippen LogP contribution in [-0.2, 0) is 9.53 Å². The van der Waals surface area contributed by atoms with E-state index in [1.807, 2.05) is 6.92 Å². The van der Waals surface area contributed by atoms with Gasteiger partial charge < -0.3 is 4.74 Å². The minimum absolute atomic E-state index is 0.204. The summed E-state index contributed by atoms with van der Waals surface area (Å²) in [6.07, 6.45) is 1.19. The zero-order chi connectivity index (χ0) is 7.98. The molecule has 0 unspecified atom stereocenters. The molecular formula is C7H13NO2. The first kappa shape index (κ1) is 9.14. The van der Waals surface area contributed by atoms with Gasteiger partial charge in [-0.25, -0.2) is 0 Å². The van der Waals surface area contributed by atoms with E-state index < -0.39 is 0 Å². The maximum atomic E-state index is 10.8. The maximum Gasteiger partial charge on any atom is 0.250 e. The second-order valence-electron chi connectivity index (χ2n) is 1.94. The van der Waals surface area contributed by atoms with Crippen LogP contribution in [0.25, 0.3) is 0 Å². The molecule has 0 spiro atoms. The number of ketones is 1. The lowest BCUT2D eigenvalue weighted by Gasteiger charge is -2.00. The first-order valence-corrected chi connectivity index (χ1v) is 3.46. The number of rotatable bonds is 4. The van der Waals surface area contributed by atoms with Gasteiger partial charge in [-0.15, -0.1) is 0 Å². The summed E-state index contributed by atoms with van der Waals surface area (Å²) in [5.74, 6) is -0.409. The van der Waals surface area contributed by atoms with Crippen molar-refractivity contribution in [2.24, 2.45) is 0 Å². The van der Waals surface area contributed by atoms with E-state index in [4.69, 9.17) is 5.41 Å². The average Bonchev–Trinajstić information content (AvgIpc) is 1.89. The van der Waals surface area contributed by atoms with Crippen molar-refractivity contribution in [2.45, 2.75) is 26.7 Å². The number of Topliss-reactive ketones (excluding diaryl/α,β-unsaturated/α-hetero) is 1. The van der Waals surface area contributed by atoms with Crippen LogP contribution in [0.5, 0.6) is 0 Å². The Balaban J connectivity index is 3.60. The van der Waals surface area contributed by atoms with E-state index in [0.717, 1.165) is 6.42 Å². The third-order valence-corrected chi connectivity index (χ3v) is 1.02. The number of ether oxygens (including phenoxy) is 1. The van der Waals surface area contributed by atoms with Crippen LogP contribution in [0.2, 0.25) is 0 Å². The highest BCUT2D eigenvalue weighted by Gasteiger charge is 2.07. The molecule has 1 N–H and O–H groups in total. The van der Waals surface area contributed by atoms with Crippen molar-refractivity contribution in [3.8, 4) is 0 Å². The fourth-order valence-corrected chi connectivity index (χ4v) is 0.565. The highest BCUT2D eigenvalue weighted by molar-refractivity contribution is 6.34. The van der Waals surface area contributed by atoms with Gasteiger partial charge in [0.2, 0.25) is 11.7 Å². The molecule has 0 atom stereocenters. The summed E-state index contributed by atoms with van der Waals surface area (Å²) in [6.45, 7) is 4.05. The van der Waals surface area contributed by atoms with E-state index in [2.05, 4.69) is 4.74 Å². The van der Waals surface area contributed by atoms with Crippen LogP contribution in [0.1, 0.15) is 26.7 Å². The van der Waals surface area contributed by atoms with Crippen LogP contribution < -0.4 is 0 Å². The number of carbonyl (C=O) groups excluding carboxylic acids is 1. The van der Waals surface area contributed by atoms with Gasteiger partial charge in [0.25, 0.3) is 0 Å². The standard InChI is InChI=1S/C7H13NO2/c1-3-5-6(9)7(8)10-4-2/h8H,3-5H2,1-2H3. The van der Waals surface area contributed by atoms with Gasteiger partial charge in [-0.3, -0.25) is 10.2 Å². The van der Waals surface area contributed by atoms with Crippen LogP contribution in [0.4, 0.5) is 0 Å². The zero-order valence-electron chi connectivity index (χ0n) is 6.44. The van der Waals surface area contributed by atoms with Gasteiger partial charge in [0.15, 0.2) is 0 Å². The van der Waals surface area contributed by atoms with Crippen LogP contribution in [0, 0.1) is 5.41 Å². The van der Waals surface area contributed by atoms with E-state index in [1.54, 1.807) is 6.92 Å². The fourth-order valence-electron chi connectivity index (χ4n) is 0.565. The smallest absolute Gasteiger partial charge is 0.250 e. The molecule has 10 heavy (non-hydrogen) atoms. The summed E-state index contributed by atoms with van der Waals surface area (Å²) in [4.78, 5) is 10.8. The molecule has 0 aliphatic carbocycles. The summed E-state index contributed by atoms with van der Waals surface area (Å²) in [7, 11) is 0. The quantitative estimate of drug-likeness (QED) is 0.477. The van der Waals surface area contributed by atoms with Crippen LogP contribution in [-0.4, -0.2) is 18.3 Å². The van der Waals surface area contributed by atoms with Gasteiger partial charge in [-0.2, -0.15) is 0 Å². The molecule has 0 amide bonds. The molecule has 0 saturated carbocycles. The lowest BCUT2D eigenvalue weighted by Crippen LogP contribution is -2.15. The largest absolute Gasteiger partial charge is 0.476 e. The van der Waals surface area contributed by atoms with Crippen molar-refractivity contribution in [3.05, 3.63) is 0 Å². The lowest BCUT2D eigenvalue weighted by atomic mass is 10.2. The molecule has 0 aliphatic heterocycles. The molecular weight excluding hydrogens is 130 g/mol. The second kappa shape index (κ2) is 4.97. The average molecular weight is 143 g/mol. The van der Waals surface area contributed by atoms with Gasteiger partial charge in [0.1, 0.15) is 0 Å². The molecule has 0 bridgehead atoms. The summed E-state index contributed by atoms with van der Waals surface area (Å²) >= 11 is 0. The minimum Gasteiger partial charge on any atom is -0.476 e. The number of carbonyl (C=O) groups is 1. The summed E-state index contributed by atoms with van der Waals surface area (Å²) in [6, 6.07) is 0. The topological polar surface area (TPSA) is 50.2 Å². The number of hydrogen-bond acceptors (Lipinski definition) is 3. The molecule has 3 heteroatoms. The van der Waals surface area contributed by atoms with Crippen molar-refractivity contribution in [1.29, 1.82) is 5.41 Å². The Morgan fingerprint density at radius 2 is 2.10 bits per heavy atom. The summed E-state index contributed by atoms with van der Waals surface area (Å²) in [5.41, 5.74) is 0. The highest BCUT2D eigenvalue weighted by Crippen LogP contribution is 1.91. The molecule has 0 aliphatic rings. The Hall–Kier alpha value is -0.860. The molecule has 0 radical (unpaired) electrons. The zero-order valence-corrected chi connectivity index (χ0v) is 6.44. The predicted octanol–water partition coefficient (Wildman–Crippen LogP) is 1.37. The van der Waals surface area contributed by atoms with Gasteiger partial charge in [0, 0.05) is 6.42 Å². The van der Waals surface area contributed by atoms with Crippen molar-refractivity contribution >= 4 is 11.7 Å². The van der Waals surface area contributed by atoms with E-state index in [-0.39, 0.29) is 11.7 Å². The highest BCUT2D eigenvalue weighted by atomic mass is 16.5. The Morgan fingerprint density at radius 1 is 1.50 bits per heavy atom. The van der Waals surface area contributed by atoms with E-state index in [0.29, 0.717) is 13.0 Å². The fraction of sp³-hybridized carbons (Fsp3) is 0.714. The van der Waals surface area contributed by atoms with Crippen molar-refractivity contribution in [2.75, 3.05) is 6.61 Å². The minimum atomic E-state index is -0.204. The van der Waals surface area contributed by atoms with Crippen LogP contribution >= 0.6 is 0 Å². The van der Waals surface area contributed by atoms with E-state index in [9.17, 15) is 4.79 Å². The van der Waals surface area contributed by atoms with Gasteiger partial charge >= 0.3 is 0 Å². The van der Waals surface area contributed by atoms with Gasteiger partial charge in [-0.1, -0.05) is 6.92 Å². The Labute approximate surface area is 60.9 Å². The first-order valence-electron chi connectivity index (χ1n) is 3.46. The molecule has 0 rings (SSSR count). The number of hydrogen-bond donors (Lipinski definition) is 1.